The lowest BCUT2D eigenvalue weighted by Crippen LogP contribution is -2.46. The molecule has 4 rings (SSSR count). The molecule has 0 spiro atoms. The molecular formula is C23H29F3N2O5. The van der Waals surface area contributed by atoms with E-state index in [1.807, 2.05) is 12.1 Å². The van der Waals surface area contributed by atoms with Gasteiger partial charge in [-0.15, -0.1) is 0 Å². The molecule has 1 aromatic rings. The summed E-state index contributed by atoms with van der Waals surface area (Å²) in [7, 11) is 0. The summed E-state index contributed by atoms with van der Waals surface area (Å²) in [6.07, 6.45) is -0.650. The van der Waals surface area contributed by atoms with Gasteiger partial charge in [-0.3, -0.25) is 4.79 Å². The Balaban J connectivity index is 1.31. The summed E-state index contributed by atoms with van der Waals surface area (Å²) in [4.78, 5) is 25.9. The van der Waals surface area contributed by atoms with Gasteiger partial charge in [-0.1, -0.05) is 18.9 Å². The quantitative estimate of drug-likeness (QED) is 0.709. The van der Waals surface area contributed by atoms with Gasteiger partial charge in [0.1, 0.15) is 13.2 Å². The Morgan fingerprint density at radius 1 is 1.09 bits per heavy atom. The van der Waals surface area contributed by atoms with E-state index in [1.165, 1.54) is 4.90 Å². The van der Waals surface area contributed by atoms with Crippen LogP contribution in [-0.2, 0) is 14.9 Å². The molecule has 2 fully saturated rings. The fraction of sp³-hybridized carbons (Fsp3) is 0.652. The number of hydrogen-bond acceptors (Lipinski definition) is 5. The Hall–Kier alpha value is -2.65. The average molecular weight is 470 g/mol. The van der Waals surface area contributed by atoms with E-state index in [9.17, 15) is 22.8 Å². The first kappa shape index (κ1) is 23.5. The van der Waals surface area contributed by atoms with Gasteiger partial charge < -0.3 is 24.4 Å². The van der Waals surface area contributed by atoms with E-state index < -0.39 is 18.9 Å². The second-order valence-corrected chi connectivity index (χ2v) is 8.99. The molecule has 7 nitrogen and oxygen atoms in total. The number of likely N-dealkylation sites (tertiary alicyclic amines) is 1. The van der Waals surface area contributed by atoms with Crippen molar-refractivity contribution in [2.45, 2.75) is 50.1 Å². The van der Waals surface area contributed by atoms with E-state index in [1.54, 1.807) is 0 Å². The number of nitrogens with one attached hydrogen (secondary N) is 1. The van der Waals surface area contributed by atoms with Crippen LogP contribution in [-0.4, -0.2) is 62.5 Å². The van der Waals surface area contributed by atoms with Gasteiger partial charge in [0.2, 0.25) is 5.91 Å². The Morgan fingerprint density at radius 3 is 2.42 bits per heavy atom. The molecule has 0 atom stereocenters. The molecule has 0 radical (unpaired) electrons. The molecule has 2 amide bonds. The summed E-state index contributed by atoms with van der Waals surface area (Å²) in [6.45, 7) is 0.354. The molecule has 2 heterocycles. The molecule has 1 N–H and O–H groups in total. The first-order valence-electron chi connectivity index (χ1n) is 11.4. The van der Waals surface area contributed by atoms with Crippen molar-refractivity contribution in [3.8, 4) is 11.5 Å². The number of amides is 2. The molecule has 0 bridgehead atoms. The van der Waals surface area contributed by atoms with E-state index in [-0.39, 0.29) is 30.3 Å². The SMILES string of the molecule is O=C(NCC1(c2ccc3c(c2)OCCO3)CCCC1)C1CCN(C(=O)OCC(F)(F)F)CC1. The highest BCUT2D eigenvalue weighted by Gasteiger charge is 2.38. The number of piperidine rings is 1. The van der Waals surface area contributed by atoms with Crippen LogP contribution >= 0.6 is 0 Å². The first-order valence-corrected chi connectivity index (χ1v) is 11.4. The molecule has 2 aliphatic heterocycles. The minimum Gasteiger partial charge on any atom is -0.486 e. The maximum Gasteiger partial charge on any atom is 0.422 e. The normalized spacial score (nSPS) is 20.4. The summed E-state index contributed by atoms with van der Waals surface area (Å²) in [5.41, 5.74) is 0.972. The van der Waals surface area contributed by atoms with Crippen LogP contribution in [0.3, 0.4) is 0 Å². The maximum absolute atomic E-state index is 12.9. The summed E-state index contributed by atoms with van der Waals surface area (Å²) in [5, 5.41) is 3.11. The number of halogens is 3. The van der Waals surface area contributed by atoms with Crippen LogP contribution in [0, 0.1) is 5.92 Å². The second-order valence-electron chi connectivity index (χ2n) is 8.99. The van der Waals surface area contributed by atoms with E-state index in [2.05, 4.69) is 16.1 Å². The standard InChI is InChI=1S/C23H29F3N2O5/c24-23(25,26)15-33-21(30)28-9-5-16(6-10-28)20(29)27-14-22(7-1-2-8-22)17-3-4-18-19(13-17)32-12-11-31-18/h3-4,13,16H,1-2,5-12,14-15H2,(H,27,29). The molecular weight excluding hydrogens is 441 g/mol. The molecule has 10 heteroatoms. The van der Waals surface area contributed by atoms with Crippen molar-refractivity contribution in [1.82, 2.24) is 10.2 Å². The van der Waals surface area contributed by atoms with Crippen LogP contribution in [0.4, 0.5) is 18.0 Å². The number of fused-ring (bicyclic) bond motifs is 1. The highest BCUT2D eigenvalue weighted by Crippen LogP contribution is 2.44. The van der Waals surface area contributed by atoms with Crippen LogP contribution in [0.5, 0.6) is 11.5 Å². The Morgan fingerprint density at radius 2 is 1.76 bits per heavy atom. The van der Waals surface area contributed by atoms with Crippen LogP contribution in [0.15, 0.2) is 18.2 Å². The summed E-state index contributed by atoms with van der Waals surface area (Å²) in [6, 6.07) is 6.01. The molecule has 1 saturated heterocycles. The smallest absolute Gasteiger partial charge is 0.422 e. The minimum absolute atomic E-state index is 0.0814. The molecule has 3 aliphatic rings. The highest BCUT2D eigenvalue weighted by atomic mass is 19.4. The zero-order valence-corrected chi connectivity index (χ0v) is 18.4. The summed E-state index contributed by atoms with van der Waals surface area (Å²) >= 11 is 0. The van der Waals surface area contributed by atoms with Gasteiger partial charge in [0.15, 0.2) is 18.1 Å². The third kappa shape index (κ3) is 5.65. The molecule has 1 aromatic carbocycles. The number of carbonyl (C=O) groups is 2. The van der Waals surface area contributed by atoms with Crippen molar-refractivity contribution in [3.63, 3.8) is 0 Å². The van der Waals surface area contributed by atoms with Crippen molar-refractivity contribution in [2.24, 2.45) is 5.92 Å². The molecule has 0 aromatic heterocycles. The predicted molar refractivity (Wildman–Crippen MR) is 112 cm³/mol. The number of nitrogens with zero attached hydrogens (tertiary/aromatic N) is 1. The van der Waals surface area contributed by atoms with E-state index >= 15 is 0 Å². The Bertz CT molecular complexity index is 862. The van der Waals surface area contributed by atoms with E-state index in [0.717, 1.165) is 42.7 Å². The fourth-order valence-electron chi connectivity index (χ4n) is 4.95. The summed E-state index contributed by atoms with van der Waals surface area (Å²) < 4.78 is 52.4. The first-order chi connectivity index (χ1) is 15.8. The monoisotopic (exact) mass is 470 g/mol. The molecule has 1 aliphatic carbocycles. The number of alkyl halides is 3. The van der Waals surface area contributed by atoms with Gasteiger partial charge in [-0.2, -0.15) is 13.2 Å². The van der Waals surface area contributed by atoms with Gasteiger partial charge in [0.05, 0.1) is 0 Å². The van der Waals surface area contributed by atoms with Gasteiger partial charge >= 0.3 is 12.3 Å². The number of hydrogen-bond donors (Lipinski definition) is 1. The van der Waals surface area contributed by atoms with Crippen LogP contribution in [0.1, 0.15) is 44.1 Å². The topological polar surface area (TPSA) is 77.1 Å². The van der Waals surface area contributed by atoms with Gasteiger partial charge in [-0.05, 0) is 43.4 Å². The van der Waals surface area contributed by atoms with Crippen molar-refractivity contribution in [3.05, 3.63) is 23.8 Å². The third-order valence-corrected chi connectivity index (χ3v) is 6.80. The van der Waals surface area contributed by atoms with E-state index in [4.69, 9.17) is 9.47 Å². The summed E-state index contributed by atoms with van der Waals surface area (Å²) in [5.74, 6) is 1.11. The van der Waals surface area contributed by atoms with Crippen molar-refractivity contribution < 1.29 is 37.0 Å². The van der Waals surface area contributed by atoms with E-state index in [0.29, 0.717) is 32.6 Å². The number of rotatable bonds is 5. The highest BCUT2D eigenvalue weighted by molar-refractivity contribution is 5.79. The molecule has 33 heavy (non-hydrogen) atoms. The second kappa shape index (κ2) is 9.69. The minimum atomic E-state index is -4.55. The maximum atomic E-state index is 12.9. The number of carbonyl (C=O) groups excluding carboxylic acids is 2. The van der Waals surface area contributed by atoms with Gasteiger partial charge in [0, 0.05) is 31.0 Å². The fourth-order valence-corrected chi connectivity index (χ4v) is 4.95. The zero-order valence-electron chi connectivity index (χ0n) is 18.4. The number of benzene rings is 1. The number of ether oxygens (including phenoxy) is 3. The Labute approximate surface area is 190 Å². The van der Waals surface area contributed by atoms with Crippen LogP contribution < -0.4 is 14.8 Å². The van der Waals surface area contributed by atoms with Crippen molar-refractivity contribution in [1.29, 1.82) is 0 Å². The van der Waals surface area contributed by atoms with Crippen molar-refractivity contribution >= 4 is 12.0 Å². The largest absolute Gasteiger partial charge is 0.486 e. The molecule has 182 valence electrons. The van der Waals surface area contributed by atoms with Crippen LogP contribution in [0.25, 0.3) is 0 Å². The Kier molecular flexibility index (Phi) is 6.90. The van der Waals surface area contributed by atoms with Crippen LogP contribution in [0.2, 0.25) is 0 Å². The lowest BCUT2D eigenvalue weighted by Gasteiger charge is -2.34. The molecule has 0 unspecified atom stereocenters. The zero-order chi connectivity index (χ0) is 23.5. The third-order valence-electron chi connectivity index (χ3n) is 6.80. The van der Waals surface area contributed by atoms with Crippen molar-refractivity contribution in [2.75, 3.05) is 39.5 Å². The lowest BCUT2D eigenvalue weighted by molar-refractivity contribution is -0.162. The lowest BCUT2D eigenvalue weighted by atomic mass is 9.78. The molecule has 1 saturated carbocycles. The van der Waals surface area contributed by atoms with Gasteiger partial charge in [-0.25, -0.2) is 4.79 Å². The van der Waals surface area contributed by atoms with Gasteiger partial charge in [0.25, 0.3) is 0 Å². The predicted octanol–water partition coefficient (Wildman–Crippen LogP) is 3.80. The average Bonchev–Trinajstić information content (AvgIpc) is 3.30.